The number of nitrogen functional groups attached to an aromatic ring is 1. The lowest BCUT2D eigenvalue weighted by molar-refractivity contribution is 0.636. The van der Waals surface area contributed by atoms with Crippen LogP contribution in [0.15, 0.2) is 12.1 Å². The average Bonchev–Trinajstić information content (AvgIpc) is 2.47. The number of hydrogen-bond acceptors (Lipinski definition) is 4. The summed E-state index contributed by atoms with van der Waals surface area (Å²) in [6.07, 6.45) is 0. The van der Waals surface area contributed by atoms with Gasteiger partial charge >= 0.3 is 0 Å². The Labute approximate surface area is 78.4 Å². The van der Waals surface area contributed by atoms with Gasteiger partial charge in [-0.2, -0.15) is 0 Å². The van der Waals surface area contributed by atoms with Crippen LogP contribution in [0.25, 0.3) is 10.2 Å². The molecule has 2 aromatic rings. The zero-order valence-corrected chi connectivity index (χ0v) is 7.78. The zero-order valence-electron chi connectivity index (χ0n) is 6.97. The van der Waals surface area contributed by atoms with Crippen LogP contribution in [0.4, 0.5) is 9.52 Å². The maximum Gasteiger partial charge on any atom is 0.198 e. The van der Waals surface area contributed by atoms with Crippen molar-refractivity contribution in [2.24, 2.45) is 5.84 Å². The first-order valence-electron chi connectivity index (χ1n) is 3.74. The number of rotatable bonds is 1. The summed E-state index contributed by atoms with van der Waals surface area (Å²) in [4.78, 5) is 3.98. The van der Waals surface area contributed by atoms with E-state index in [2.05, 4.69) is 10.4 Å². The molecule has 0 fully saturated rings. The summed E-state index contributed by atoms with van der Waals surface area (Å²) in [6.45, 7) is 1.85. The highest BCUT2D eigenvalue weighted by Crippen LogP contribution is 2.27. The molecular formula is C8H8FN3S. The summed E-state index contributed by atoms with van der Waals surface area (Å²) in [5, 5.41) is 0.527. The van der Waals surface area contributed by atoms with Crippen molar-refractivity contribution in [1.29, 1.82) is 0 Å². The SMILES string of the molecule is Cc1cc(F)c2nc(NN)sc2c1. The zero-order chi connectivity index (χ0) is 9.42. The van der Waals surface area contributed by atoms with Crippen molar-refractivity contribution in [3.8, 4) is 0 Å². The van der Waals surface area contributed by atoms with Gasteiger partial charge in [0.2, 0.25) is 0 Å². The van der Waals surface area contributed by atoms with Gasteiger partial charge in [0.1, 0.15) is 5.52 Å². The highest BCUT2D eigenvalue weighted by molar-refractivity contribution is 7.22. The Kier molecular flexibility index (Phi) is 1.90. The second-order valence-electron chi connectivity index (χ2n) is 2.76. The van der Waals surface area contributed by atoms with Gasteiger partial charge < -0.3 is 0 Å². The number of nitrogens with one attached hydrogen (secondary N) is 1. The van der Waals surface area contributed by atoms with Crippen LogP contribution < -0.4 is 11.3 Å². The van der Waals surface area contributed by atoms with Gasteiger partial charge in [0.05, 0.1) is 4.70 Å². The molecule has 1 heterocycles. The molecule has 2 rings (SSSR count). The molecule has 0 saturated carbocycles. The van der Waals surface area contributed by atoms with Crippen molar-refractivity contribution in [1.82, 2.24) is 4.98 Å². The highest BCUT2D eigenvalue weighted by Gasteiger charge is 2.07. The van der Waals surface area contributed by atoms with Crippen molar-refractivity contribution in [2.75, 3.05) is 5.43 Å². The molecule has 0 bridgehead atoms. The van der Waals surface area contributed by atoms with Crippen LogP contribution >= 0.6 is 11.3 Å². The number of halogens is 1. The first-order valence-corrected chi connectivity index (χ1v) is 4.55. The molecule has 5 heteroatoms. The summed E-state index contributed by atoms with van der Waals surface area (Å²) in [7, 11) is 0. The van der Waals surface area contributed by atoms with Crippen molar-refractivity contribution in [3.63, 3.8) is 0 Å². The minimum Gasteiger partial charge on any atom is -0.300 e. The molecule has 0 aliphatic carbocycles. The van der Waals surface area contributed by atoms with Crippen molar-refractivity contribution >= 4 is 26.7 Å². The smallest absolute Gasteiger partial charge is 0.198 e. The quantitative estimate of drug-likeness (QED) is 0.543. The number of hydrogen-bond donors (Lipinski definition) is 2. The van der Waals surface area contributed by atoms with Gasteiger partial charge in [-0.3, -0.25) is 5.43 Å². The van der Waals surface area contributed by atoms with Gasteiger partial charge in [-0.1, -0.05) is 11.3 Å². The Morgan fingerprint density at radius 3 is 3.00 bits per heavy atom. The summed E-state index contributed by atoms with van der Waals surface area (Å²) >= 11 is 1.34. The predicted molar refractivity (Wildman–Crippen MR) is 52.1 cm³/mol. The maximum absolute atomic E-state index is 13.3. The van der Waals surface area contributed by atoms with E-state index in [1.807, 2.05) is 13.0 Å². The van der Waals surface area contributed by atoms with Crippen molar-refractivity contribution in [3.05, 3.63) is 23.5 Å². The molecule has 0 amide bonds. The van der Waals surface area contributed by atoms with Crippen LogP contribution in [-0.2, 0) is 0 Å². The predicted octanol–water partition coefficient (Wildman–Crippen LogP) is 2.03. The highest BCUT2D eigenvalue weighted by atomic mass is 32.1. The van der Waals surface area contributed by atoms with Crippen LogP contribution in [0.2, 0.25) is 0 Å². The molecule has 68 valence electrons. The molecule has 0 radical (unpaired) electrons. The van der Waals surface area contributed by atoms with Crippen LogP contribution in [0, 0.1) is 12.7 Å². The molecule has 1 aromatic heterocycles. The van der Waals surface area contributed by atoms with Gasteiger partial charge in [0.15, 0.2) is 10.9 Å². The van der Waals surface area contributed by atoms with E-state index in [0.717, 1.165) is 10.3 Å². The Bertz CT molecular complexity index is 452. The van der Waals surface area contributed by atoms with E-state index in [-0.39, 0.29) is 5.82 Å². The summed E-state index contributed by atoms with van der Waals surface area (Å²) in [5.74, 6) is 4.88. The van der Waals surface area contributed by atoms with E-state index < -0.39 is 0 Å². The fourth-order valence-electron chi connectivity index (χ4n) is 1.18. The first kappa shape index (κ1) is 8.40. The molecule has 0 aliphatic heterocycles. The second kappa shape index (κ2) is 2.93. The third-order valence-corrected chi connectivity index (χ3v) is 2.65. The lowest BCUT2D eigenvalue weighted by Gasteiger charge is -1.92. The van der Waals surface area contributed by atoms with Gasteiger partial charge in [-0.05, 0) is 24.6 Å². The van der Waals surface area contributed by atoms with Crippen molar-refractivity contribution < 1.29 is 4.39 Å². The van der Waals surface area contributed by atoms with Crippen LogP contribution in [0.1, 0.15) is 5.56 Å². The van der Waals surface area contributed by atoms with E-state index in [1.54, 1.807) is 0 Å². The number of benzene rings is 1. The van der Waals surface area contributed by atoms with Crippen LogP contribution in [-0.4, -0.2) is 4.98 Å². The second-order valence-corrected chi connectivity index (χ2v) is 3.79. The fraction of sp³-hybridized carbons (Fsp3) is 0.125. The summed E-state index contributed by atoms with van der Waals surface area (Å²) in [5.41, 5.74) is 3.67. The first-order chi connectivity index (χ1) is 6.20. The summed E-state index contributed by atoms with van der Waals surface area (Å²) < 4.78 is 14.1. The molecule has 13 heavy (non-hydrogen) atoms. The third kappa shape index (κ3) is 1.36. The maximum atomic E-state index is 13.3. The van der Waals surface area contributed by atoms with E-state index in [4.69, 9.17) is 5.84 Å². The number of aromatic nitrogens is 1. The fourth-order valence-corrected chi connectivity index (χ4v) is 2.07. The monoisotopic (exact) mass is 197 g/mol. The Morgan fingerprint density at radius 1 is 1.54 bits per heavy atom. The molecule has 0 saturated heterocycles. The molecule has 1 aromatic carbocycles. The van der Waals surface area contributed by atoms with Gasteiger partial charge in [0.25, 0.3) is 0 Å². The molecular weight excluding hydrogens is 189 g/mol. The van der Waals surface area contributed by atoms with Gasteiger partial charge in [0, 0.05) is 0 Å². The minimum absolute atomic E-state index is 0.298. The molecule has 0 atom stereocenters. The molecule has 3 nitrogen and oxygen atoms in total. The lowest BCUT2D eigenvalue weighted by atomic mass is 10.2. The lowest BCUT2D eigenvalue weighted by Crippen LogP contribution is -2.05. The topological polar surface area (TPSA) is 50.9 Å². The molecule has 0 unspecified atom stereocenters. The van der Waals surface area contributed by atoms with E-state index in [1.165, 1.54) is 17.4 Å². The number of anilines is 1. The van der Waals surface area contributed by atoms with Gasteiger partial charge in [-0.15, -0.1) is 0 Å². The number of fused-ring (bicyclic) bond motifs is 1. The molecule has 0 spiro atoms. The number of nitrogens with two attached hydrogens (primary N) is 1. The third-order valence-electron chi connectivity index (χ3n) is 1.72. The van der Waals surface area contributed by atoms with E-state index in [9.17, 15) is 4.39 Å². The average molecular weight is 197 g/mol. The van der Waals surface area contributed by atoms with E-state index >= 15 is 0 Å². The van der Waals surface area contributed by atoms with Crippen LogP contribution in [0.3, 0.4) is 0 Å². The Morgan fingerprint density at radius 2 is 2.31 bits per heavy atom. The normalized spacial score (nSPS) is 10.7. The largest absolute Gasteiger partial charge is 0.300 e. The van der Waals surface area contributed by atoms with E-state index in [0.29, 0.717) is 10.6 Å². The number of hydrazine groups is 1. The number of nitrogens with zero attached hydrogens (tertiary/aromatic N) is 1. The van der Waals surface area contributed by atoms with Gasteiger partial charge in [-0.25, -0.2) is 15.2 Å². The number of aryl methyl sites for hydroxylation is 1. The summed E-state index contributed by atoms with van der Waals surface area (Å²) in [6, 6.07) is 3.35. The standard InChI is InChI=1S/C8H8FN3S/c1-4-2-5(9)7-6(3-4)13-8(11-7)12-10/h2-3H,10H2,1H3,(H,11,12). The Hall–Kier alpha value is -1.20. The molecule has 3 N–H and O–H groups in total. The Balaban J connectivity index is 2.75. The minimum atomic E-state index is -0.298. The van der Waals surface area contributed by atoms with Crippen molar-refractivity contribution in [2.45, 2.75) is 6.92 Å². The number of thiazole rings is 1. The molecule has 0 aliphatic rings. The van der Waals surface area contributed by atoms with Crippen LogP contribution in [0.5, 0.6) is 0 Å².